The van der Waals surface area contributed by atoms with Crippen molar-refractivity contribution in [2.24, 2.45) is 3.21 Å². The van der Waals surface area contributed by atoms with Gasteiger partial charge in [0.15, 0.2) is 0 Å². The van der Waals surface area contributed by atoms with Crippen LogP contribution in [0.2, 0.25) is 0 Å². The van der Waals surface area contributed by atoms with Crippen molar-refractivity contribution in [3.05, 3.63) is 71.8 Å². The molecule has 1 atom stereocenters. The van der Waals surface area contributed by atoms with E-state index in [1.807, 2.05) is 60.7 Å². The van der Waals surface area contributed by atoms with Crippen LogP contribution in [0, 0.1) is 0 Å². The van der Waals surface area contributed by atoms with Crippen LogP contribution in [-0.4, -0.2) is 24.3 Å². The van der Waals surface area contributed by atoms with Gasteiger partial charge in [0.2, 0.25) is 0 Å². The van der Waals surface area contributed by atoms with Gasteiger partial charge in [0, 0.05) is 0 Å². The third-order valence-corrected chi connectivity index (χ3v) is 5.52. The summed E-state index contributed by atoms with van der Waals surface area (Å²) in [5.74, 6) is -0.192. The average Bonchev–Trinajstić information content (AvgIpc) is 2.71. The molecule has 1 saturated heterocycles. The van der Waals surface area contributed by atoms with Crippen LogP contribution in [0.15, 0.2) is 63.9 Å². The molecule has 3 rings (SSSR count). The van der Waals surface area contributed by atoms with Crippen LogP contribution < -0.4 is 27.2 Å². The van der Waals surface area contributed by atoms with E-state index in [2.05, 4.69) is 8.52 Å². The molecule has 6 heteroatoms. The summed E-state index contributed by atoms with van der Waals surface area (Å²) in [4.78, 5) is 12.2. The summed E-state index contributed by atoms with van der Waals surface area (Å²) in [6.07, 6.45) is 1.53. The Morgan fingerprint density at radius 3 is 2.31 bits per heavy atom. The SMILES string of the molecule is O=C(OCc1ccccc1)[C@@H]1CCC(=N[I-]OCc2ccccc2)CN1. The number of nitrogens with zero attached hydrogens (tertiary/aromatic N) is 1. The third-order valence-electron chi connectivity index (χ3n) is 4.05. The number of rotatable bonds is 7. The summed E-state index contributed by atoms with van der Waals surface area (Å²) >= 11 is -0.663. The maximum atomic E-state index is 12.2. The van der Waals surface area contributed by atoms with E-state index >= 15 is 0 Å². The van der Waals surface area contributed by atoms with Crippen molar-refractivity contribution in [3.8, 4) is 0 Å². The van der Waals surface area contributed by atoms with Crippen molar-refractivity contribution in [1.29, 1.82) is 0 Å². The molecule has 1 heterocycles. The first-order valence-electron chi connectivity index (χ1n) is 8.61. The first-order chi connectivity index (χ1) is 12.8. The van der Waals surface area contributed by atoms with Crippen LogP contribution in [0.4, 0.5) is 0 Å². The minimum absolute atomic E-state index is 0.192. The zero-order chi connectivity index (χ0) is 18.0. The Kier molecular flexibility index (Phi) is 7.60. The molecular formula is C20H22IN2O3-. The predicted octanol–water partition coefficient (Wildman–Crippen LogP) is 0.0586. The molecule has 0 unspecified atom stereocenters. The molecule has 0 spiro atoms. The van der Waals surface area contributed by atoms with E-state index in [1.165, 1.54) is 0 Å². The van der Waals surface area contributed by atoms with Gasteiger partial charge < -0.3 is 0 Å². The van der Waals surface area contributed by atoms with Gasteiger partial charge in [-0.1, -0.05) is 0 Å². The molecule has 1 N–H and O–H groups in total. The number of halogens is 1. The van der Waals surface area contributed by atoms with Crippen molar-refractivity contribution in [1.82, 2.24) is 5.32 Å². The number of carbonyl (C=O) groups excluding carboxylic acids is 1. The normalized spacial score (nSPS) is 18.8. The number of hydrogen-bond donors (Lipinski definition) is 1. The quantitative estimate of drug-likeness (QED) is 0.357. The predicted molar refractivity (Wildman–Crippen MR) is 95.9 cm³/mol. The Hall–Kier alpha value is -1.77. The average molecular weight is 465 g/mol. The molecule has 5 nitrogen and oxygen atoms in total. The summed E-state index contributed by atoms with van der Waals surface area (Å²) in [5, 5.41) is 3.22. The number of piperidine rings is 1. The van der Waals surface area contributed by atoms with Crippen LogP contribution in [0.5, 0.6) is 0 Å². The molecule has 26 heavy (non-hydrogen) atoms. The number of nitrogens with one attached hydrogen (secondary N) is 1. The third kappa shape index (κ3) is 6.19. The molecule has 0 amide bonds. The number of ether oxygens (including phenoxy) is 1. The van der Waals surface area contributed by atoms with Crippen molar-refractivity contribution >= 4 is 11.7 Å². The van der Waals surface area contributed by atoms with Crippen LogP contribution in [-0.2, 0) is 25.8 Å². The number of hydrogen-bond acceptors (Lipinski definition) is 5. The first-order valence-corrected chi connectivity index (χ1v) is 10.5. The van der Waals surface area contributed by atoms with Crippen molar-refractivity contribution < 1.29 is 34.5 Å². The van der Waals surface area contributed by atoms with Gasteiger partial charge in [-0.05, 0) is 0 Å². The van der Waals surface area contributed by atoms with Crippen molar-refractivity contribution in [2.75, 3.05) is 6.54 Å². The molecule has 1 aliphatic heterocycles. The van der Waals surface area contributed by atoms with Crippen LogP contribution in [0.3, 0.4) is 0 Å². The Balaban J connectivity index is 1.34. The van der Waals surface area contributed by atoms with E-state index in [0.717, 1.165) is 29.7 Å². The van der Waals surface area contributed by atoms with Crippen LogP contribution in [0.25, 0.3) is 0 Å². The molecule has 138 valence electrons. The molecule has 2 aromatic carbocycles. The van der Waals surface area contributed by atoms with E-state index in [-0.39, 0.29) is 12.0 Å². The Morgan fingerprint density at radius 1 is 1.04 bits per heavy atom. The Labute approximate surface area is 165 Å². The number of esters is 1. The molecule has 0 saturated carbocycles. The van der Waals surface area contributed by atoms with E-state index in [0.29, 0.717) is 19.8 Å². The molecule has 0 aromatic heterocycles. The van der Waals surface area contributed by atoms with Gasteiger partial charge in [-0.15, -0.1) is 0 Å². The summed E-state index contributed by atoms with van der Waals surface area (Å²) in [5.41, 5.74) is 3.24. The monoisotopic (exact) mass is 465 g/mol. The second-order valence-corrected chi connectivity index (χ2v) is 7.52. The fourth-order valence-corrected chi connectivity index (χ4v) is 3.91. The fraction of sp³-hybridized carbons (Fsp3) is 0.300. The molecule has 1 fully saturated rings. The van der Waals surface area contributed by atoms with Crippen molar-refractivity contribution in [2.45, 2.75) is 32.1 Å². The number of carbonyl (C=O) groups is 1. The van der Waals surface area contributed by atoms with Crippen LogP contribution >= 0.6 is 0 Å². The molecular weight excluding hydrogens is 443 g/mol. The topological polar surface area (TPSA) is 59.9 Å². The van der Waals surface area contributed by atoms with Gasteiger partial charge in [-0.2, -0.15) is 0 Å². The Bertz CT molecular complexity index is 712. The van der Waals surface area contributed by atoms with Gasteiger partial charge >= 0.3 is 165 Å². The van der Waals surface area contributed by atoms with Crippen molar-refractivity contribution in [3.63, 3.8) is 0 Å². The molecule has 0 radical (unpaired) electrons. The van der Waals surface area contributed by atoms with E-state index in [1.54, 1.807) is 0 Å². The fourth-order valence-electron chi connectivity index (χ4n) is 2.58. The Morgan fingerprint density at radius 2 is 1.69 bits per heavy atom. The van der Waals surface area contributed by atoms with E-state index in [4.69, 9.17) is 7.80 Å². The zero-order valence-electron chi connectivity index (χ0n) is 14.4. The summed E-state index contributed by atoms with van der Waals surface area (Å²) in [6, 6.07) is 19.6. The molecule has 0 aliphatic carbocycles. The standard InChI is InChI=1S/C20H22IN2O3/c24-20(25-14-16-7-3-1-4-8-16)19-12-11-18(13-22-19)23-21-26-15-17-9-5-2-6-10-17/h1-10,19,22H,11-15H2/q-1/t19-/m0/s1. The molecule has 1 aliphatic rings. The zero-order valence-corrected chi connectivity index (χ0v) is 16.6. The van der Waals surface area contributed by atoms with Gasteiger partial charge in [0.1, 0.15) is 0 Å². The summed E-state index contributed by atoms with van der Waals surface area (Å²) < 4.78 is 15.7. The summed E-state index contributed by atoms with van der Waals surface area (Å²) in [7, 11) is 0. The maximum absolute atomic E-state index is 12.2. The molecule has 0 bridgehead atoms. The van der Waals surface area contributed by atoms with Gasteiger partial charge in [-0.25, -0.2) is 0 Å². The van der Waals surface area contributed by atoms with Crippen LogP contribution in [0.1, 0.15) is 24.0 Å². The second kappa shape index (κ2) is 10.4. The minimum atomic E-state index is -0.663. The van der Waals surface area contributed by atoms with E-state index in [9.17, 15) is 4.79 Å². The number of benzene rings is 2. The van der Waals surface area contributed by atoms with Gasteiger partial charge in [0.25, 0.3) is 0 Å². The second-order valence-electron chi connectivity index (χ2n) is 6.02. The first kappa shape index (κ1) is 19.0. The van der Waals surface area contributed by atoms with Gasteiger partial charge in [-0.3, -0.25) is 0 Å². The van der Waals surface area contributed by atoms with E-state index < -0.39 is 21.9 Å². The molecule has 2 aromatic rings. The van der Waals surface area contributed by atoms with Gasteiger partial charge in [0.05, 0.1) is 0 Å². The summed E-state index contributed by atoms with van der Waals surface area (Å²) in [6.45, 7) is 1.55.